The van der Waals surface area contributed by atoms with Gasteiger partial charge in [0.25, 0.3) is 5.91 Å². The number of hydrogen-bond acceptors (Lipinski definition) is 5. The van der Waals surface area contributed by atoms with Crippen LogP contribution in [0.1, 0.15) is 21.7 Å². The molecule has 0 aliphatic heterocycles. The molecule has 0 fully saturated rings. The van der Waals surface area contributed by atoms with E-state index in [0.29, 0.717) is 16.6 Å². The Kier molecular flexibility index (Phi) is 4.92. The van der Waals surface area contributed by atoms with Gasteiger partial charge in [-0.1, -0.05) is 22.0 Å². The zero-order valence-corrected chi connectivity index (χ0v) is 15.5. The Morgan fingerprint density at radius 2 is 2.00 bits per heavy atom. The summed E-state index contributed by atoms with van der Waals surface area (Å²) in [5.74, 6) is 0.470. The highest BCUT2D eigenvalue weighted by atomic mass is 79.9. The number of pyridine rings is 1. The Balaban J connectivity index is 1.70. The first-order valence-electron chi connectivity index (χ1n) is 7.25. The van der Waals surface area contributed by atoms with Gasteiger partial charge in [0.05, 0.1) is 0 Å². The van der Waals surface area contributed by atoms with Crippen LogP contribution in [0.15, 0.2) is 46.3 Å². The Bertz CT molecular complexity index is 894. The number of rotatable bonds is 4. The molecule has 7 heteroatoms. The summed E-state index contributed by atoms with van der Waals surface area (Å²) in [5, 5.41) is 8.32. The van der Waals surface area contributed by atoms with Gasteiger partial charge in [0.2, 0.25) is 0 Å². The van der Waals surface area contributed by atoms with Gasteiger partial charge in [-0.3, -0.25) is 4.79 Å². The van der Waals surface area contributed by atoms with E-state index in [-0.39, 0.29) is 5.91 Å². The Hall–Kier alpha value is -2.25. The lowest BCUT2D eigenvalue weighted by Gasteiger charge is -2.05. The van der Waals surface area contributed by atoms with Crippen LogP contribution in [0.25, 0.3) is 0 Å². The van der Waals surface area contributed by atoms with Crippen LogP contribution < -0.4 is 10.6 Å². The highest BCUT2D eigenvalue weighted by Gasteiger charge is 2.12. The number of carbonyl (C=O) groups is 1. The number of benzene rings is 1. The van der Waals surface area contributed by atoms with Gasteiger partial charge in [-0.05, 0) is 49.7 Å². The molecule has 1 amide bonds. The van der Waals surface area contributed by atoms with E-state index in [1.165, 1.54) is 11.3 Å². The van der Waals surface area contributed by atoms with Crippen LogP contribution in [0.2, 0.25) is 0 Å². The molecule has 0 bridgehead atoms. The summed E-state index contributed by atoms with van der Waals surface area (Å²) < 4.78 is 1.01. The third-order valence-electron chi connectivity index (χ3n) is 3.28. The molecule has 0 atom stereocenters. The van der Waals surface area contributed by atoms with Crippen molar-refractivity contribution in [2.45, 2.75) is 13.8 Å². The topological polar surface area (TPSA) is 66.9 Å². The quantitative estimate of drug-likeness (QED) is 0.650. The number of halogens is 1. The Morgan fingerprint density at radius 1 is 1.17 bits per heavy atom. The summed E-state index contributed by atoms with van der Waals surface area (Å²) in [6.45, 7) is 3.89. The number of aryl methyl sites for hydroxylation is 2. The van der Waals surface area contributed by atoms with E-state index in [1.54, 1.807) is 5.38 Å². The molecule has 0 radical (unpaired) electrons. The summed E-state index contributed by atoms with van der Waals surface area (Å²) in [6, 6.07) is 11.4. The first kappa shape index (κ1) is 16.6. The number of thiazole rings is 1. The summed E-state index contributed by atoms with van der Waals surface area (Å²) in [7, 11) is 0. The summed E-state index contributed by atoms with van der Waals surface area (Å²) in [4.78, 5) is 21.0. The zero-order chi connectivity index (χ0) is 17.1. The summed E-state index contributed by atoms with van der Waals surface area (Å²) in [5.41, 5.74) is 3.08. The van der Waals surface area contributed by atoms with Crippen molar-refractivity contribution in [1.82, 2.24) is 9.97 Å². The highest BCUT2D eigenvalue weighted by molar-refractivity contribution is 9.10. The lowest BCUT2D eigenvalue weighted by molar-refractivity contribution is 0.102. The highest BCUT2D eigenvalue weighted by Crippen LogP contribution is 2.22. The average Bonchev–Trinajstić information content (AvgIpc) is 2.99. The zero-order valence-electron chi connectivity index (χ0n) is 13.1. The van der Waals surface area contributed by atoms with Crippen molar-refractivity contribution in [3.63, 3.8) is 0 Å². The molecule has 2 heterocycles. The number of nitrogens with one attached hydrogen (secondary N) is 2. The third kappa shape index (κ3) is 3.98. The number of aromatic nitrogens is 2. The van der Waals surface area contributed by atoms with Crippen LogP contribution in [0.4, 0.5) is 16.6 Å². The number of hydrogen-bond donors (Lipinski definition) is 2. The molecule has 3 aromatic rings. The third-order valence-corrected chi connectivity index (χ3v) is 4.92. The van der Waals surface area contributed by atoms with E-state index >= 15 is 0 Å². The molecular formula is C17H15BrN4OS. The summed E-state index contributed by atoms with van der Waals surface area (Å²) in [6.07, 6.45) is 0. The molecule has 5 nitrogen and oxygen atoms in total. The van der Waals surface area contributed by atoms with Crippen LogP contribution in [0, 0.1) is 13.8 Å². The van der Waals surface area contributed by atoms with Crippen LogP contribution in [0.5, 0.6) is 0 Å². The molecule has 122 valence electrons. The largest absolute Gasteiger partial charge is 0.321 e. The van der Waals surface area contributed by atoms with Crippen molar-refractivity contribution in [1.29, 1.82) is 0 Å². The predicted molar refractivity (Wildman–Crippen MR) is 101 cm³/mol. The van der Waals surface area contributed by atoms with Gasteiger partial charge in [-0.2, -0.15) is 0 Å². The number of carbonyl (C=O) groups excluding carboxylic acids is 1. The first-order chi connectivity index (χ1) is 11.5. The van der Waals surface area contributed by atoms with Crippen molar-refractivity contribution in [3.05, 3.63) is 63.2 Å². The standard InChI is InChI=1S/C17H15BrN4OS/c1-10-8-12(6-7-13(10)18)20-16(23)14-9-24-17(21-14)22-15-5-3-4-11(2)19-15/h3-9H,1-2H3,(H,20,23)(H,19,21,22). The molecule has 0 aliphatic carbocycles. The molecule has 0 spiro atoms. The number of anilines is 3. The number of nitrogens with zero attached hydrogens (tertiary/aromatic N) is 2. The minimum Gasteiger partial charge on any atom is -0.321 e. The Morgan fingerprint density at radius 3 is 2.75 bits per heavy atom. The van der Waals surface area contributed by atoms with E-state index in [4.69, 9.17) is 0 Å². The van der Waals surface area contributed by atoms with Gasteiger partial charge in [0.1, 0.15) is 11.5 Å². The van der Waals surface area contributed by atoms with Crippen molar-refractivity contribution in [2.75, 3.05) is 10.6 Å². The Labute approximate surface area is 152 Å². The van der Waals surface area contributed by atoms with Gasteiger partial charge in [-0.25, -0.2) is 9.97 Å². The fourth-order valence-electron chi connectivity index (χ4n) is 2.08. The monoisotopic (exact) mass is 402 g/mol. The predicted octanol–water partition coefficient (Wildman–Crippen LogP) is 4.91. The van der Waals surface area contributed by atoms with E-state index in [2.05, 4.69) is 36.5 Å². The SMILES string of the molecule is Cc1cccc(Nc2nc(C(=O)Nc3ccc(Br)c(C)c3)cs2)n1. The second-order valence-electron chi connectivity index (χ2n) is 5.25. The summed E-state index contributed by atoms with van der Waals surface area (Å²) >= 11 is 4.81. The van der Waals surface area contributed by atoms with E-state index in [0.717, 1.165) is 21.4 Å². The van der Waals surface area contributed by atoms with Crippen LogP contribution in [-0.2, 0) is 0 Å². The van der Waals surface area contributed by atoms with E-state index < -0.39 is 0 Å². The molecule has 0 saturated heterocycles. The van der Waals surface area contributed by atoms with Crippen molar-refractivity contribution < 1.29 is 4.79 Å². The lowest BCUT2D eigenvalue weighted by atomic mass is 10.2. The molecule has 1 aromatic carbocycles. The fourth-order valence-corrected chi connectivity index (χ4v) is 3.02. The van der Waals surface area contributed by atoms with Crippen LogP contribution in [-0.4, -0.2) is 15.9 Å². The number of amides is 1. The molecule has 0 saturated carbocycles. The smallest absolute Gasteiger partial charge is 0.275 e. The van der Waals surface area contributed by atoms with E-state index in [9.17, 15) is 4.79 Å². The maximum Gasteiger partial charge on any atom is 0.275 e. The molecule has 3 rings (SSSR count). The van der Waals surface area contributed by atoms with Gasteiger partial charge < -0.3 is 10.6 Å². The second-order valence-corrected chi connectivity index (χ2v) is 6.96. The van der Waals surface area contributed by atoms with Crippen molar-refractivity contribution in [2.24, 2.45) is 0 Å². The molecule has 0 aliphatic rings. The van der Waals surface area contributed by atoms with E-state index in [1.807, 2.05) is 50.2 Å². The van der Waals surface area contributed by atoms with Gasteiger partial charge in [0, 0.05) is 21.2 Å². The molecular weight excluding hydrogens is 388 g/mol. The lowest BCUT2D eigenvalue weighted by Crippen LogP contribution is -2.12. The minimum absolute atomic E-state index is 0.238. The van der Waals surface area contributed by atoms with Gasteiger partial charge >= 0.3 is 0 Å². The van der Waals surface area contributed by atoms with Crippen LogP contribution >= 0.6 is 27.3 Å². The maximum atomic E-state index is 12.3. The molecule has 2 aromatic heterocycles. The van der Waals surface area contributed by atoms with Gasteiger partial charge in [0.15, 0.2) is 5.13 Å². The second kappa shape index (κ2) is 7.11. The molecule has 2 N–H and O–H groups in total. The molecule has 24 heavy (non-hydrogen) atoms. The van der Waals surface area contributed by atoms with Crippen molar-refractivity contribution in [3.8, 4) is 0 Å². The average molecular weight is 403 g/mol. The first-order valence-corrected chi connectivity index (χ1v) is 8.92. The maximum absolute atomic E-state index is 12.3. The fraction of sp³-hybridized carbons (Fsp3) is 0.118. The normalized spacial score (nSPS) is 10.5. The van der Waals surface area contributed by atoms with Crippen molar-refractivity contribution >= 4 is 49.8 Å². The van der Waals surface area contributed by atoms with Crippen LogP contribution in [0.3, 0.4) is 0 Å². The minimum atomic E-state index is -0.238. The van der Waals surface area contributed by atoms with Gasteiger partial charge in [-0.15, -0.1) is 11.3 Å². The molecule has 0 unspecified atom stereocenters.